The molecule has 0 bridgehead atoms. The lowest BCUT2D eigenvalue weighted by molar-refractivity contribution is 0.414. The summed E-state index contributed by atoms with van der Waals surface area (Å²) in [5.74, 6) is 0.217. The van der Waals surface area contributed by atoms with Gasteiger partial charge < -0.3 is 9.30 Å². The molecular formula is C21H16ClFN2O2. The second kappa shape index (κ2) is 6.67. The van der Waals surface area contributed by atoms with E-state index in [1.807, 2.05) is 24.3 Å². The molecule has 136 valence electrons. The Balaban J connectivity index is 2.04. The van der Waals surface area contributed by atoms with Crippen molar-refractivity contribution in [1.29, 1.82) is 0 Å². The molecular weight excluding hydrogens is 367 g/mol. The van der Waals surface area contributed by atoms with E-state index in [-0.39, 0.29) is 10.6 Å². The number of hydrogen-bond donors (Lipinski definition) is 0. The predicted octanol–water partition coefficient (Wildman–Crippen LogP) is 4.71. The highest BCUT2D eigenvalue weighted by Crippen LogP contribution is 2.29. The lowest BCUT2D eigenvalue weighted by atomic mass is 10.0. The fourth-order valence-corrected chi connectivity index (χ4v) is 3.51. The second-order valence-corrected chi connectivity index (χ2v) is 6.75. The number of nitrogens with zero attached hydrogens (tertiary/aromatic N) is 2. The van der Waals surface area contributed by atoms with Crippen LogP contribution in [-0.4, -0.2) is 16.7 Å². The van der Waals surface area contributed by atoms with Crippen LogP contribution in [0.25, 0.3) is 21.7 Å². The van der Waals surface area contributed by atoms with Crippen molar-refractivity contribution in [1.82, 2.24) is 9.55 Å². The summed E-state index contributed by atoms with van der Waals surface area (Å²) in [6.45, 7) is 2.10. The zero-order valence-electron chi connectivity index (χ0n) is 14.8. The highest BCUT2D eigenvalue weighted by molar-refractivity contribution is 6.31. The van der Waals surface area contributed by atoms with Gasteiger partial charge in [-0.15, -0.1) is 0 Å². The average molecular weight is 383 g/mol. The van der Waals surface area contributed by atoms with Crippen molar-refractivity contribution < 1.29 is 9.13 Å². The average Bonchev–Trinajstić information content (AvgIpc) is 2.67. The third kappa shape index (κ3) is 2.94. The topological polar surface area (TPSA) is 44.1 Å². The number of rotatable bonds is 3. The summed E-state index contributed by atoms with van der Waals surface area (Å²) in [7, 11) is 1.60. The largest absolute Gasteiger partial charge is 0.497 e. The van der Waals surface area contributed by atoms with Crippen LogP contribution in [0, 0.1) is 12.7 Å². The van der Waals surface area contributed by atoms with Gasteiger partial charge in [0.05, 0.1) is 35.3 Å². The van der Waals surface area contributed by atoms with E-state index in [0.717, 1.165) is 11.3 Å². The predicted molar refractivity (Wildman–Crippen MR) is 105 cm³/mol. The van der Waals surface area contributed by atoms with Gasteiger partial charge in [-0.3, -0.25) is 9.78 Å². The van der Waals surface area contributed by atoms with Crippen LogP contribution in [0.4, 0.5) is 4.39 Å². The third-order valence-electron chi connectivity index (χ3n) is 4.72. The molecule has 6 heteroatoms. The lowest BCUT2D eigenvalue weighted by Gasteiger charge is -2.15. The highest BCUT2D eigenvalue weighted by Gasteiger charge is 2.16. The molecule has 0 N–H and O–H groups in total. The van der Waals surface area contributed by atoms with Crippen LogP contribution in [0.5, 0.6) is 5.75 Å². The van der Waals surface area contributed by atoms with E-state index < -0.39 is 5.82 Å². The summed E-state index contributed by atoms with van der Waals surface area (Å²) in [6.07, 6.45) is 1.62. The molecule has 0 atom stereocenters. The minimum atomic E-state index is -0.519. The standard InChI is InChI=1S/C21H16ClFN2O2/c1-12-20-15(7-8-24-12)16-9-18(23)17(22)10-19(16)25(21(20)26)11-13-3-5-14(27-2)6-4-13/h3-10H,11H2,1-2H3. The molecule has 0 saturated heterocycles. The Hall–Kier alpha value is -2.92. The van der Waals surface area contributed by atoms with Gasteiger partial charge in [-0.1, -0.05) is 23.7 Å². The van der Waals surface area contributed by atoms with Gasteiger partial charge in [-0.25, -0.2) is 4.39 Å². The van der Waals surface area contributed by atoms with E-state index in [2.05, 4.69) is 4.98 Å². The van der Waals surface area contributed by atoms with Crippen molar-refractivity contribution in [3.63, 3.8) is 0 Å². The first-order valence-corrected chi connectivity index (χ1v) is 8.77. The van der Waals surface area contributed by atoms with E-state index in [4.69, 9.17) is 16.3 Å². The van der Waals surface area contributed by atoms with Gasteiger partial charge in [0.1, 0.15) is 11.6 Å². The van der Waals surface area contributed by atoms with Crippen molar-refractivity contribution in [2.24, 2.45) is 0 Å². The maximum absolute atomic E-state index is 14.2. The monoisotopic (exact) mass is 382 g/mol. The molecule has 2 aromatic heterocycles. The number of pyridine rings is 2. The zero-order valence-corrected chi connectivity index (χ0v) is 15.5. The molecule has 0 fully saturated rings. The Morgan fingerprint density at radius 2 is 1.89 bits per heavy atom. The smallest absolute Gasteiger partial charge is 0.261 e. The Morgan fingerprint density at radius 3 is 2.59 bits per heavy atom. The number of aromatic nitrogens is 2. The maximum atomic E-state index is 14.2. The van der Waals surface area contributed by atoms with Gasteiger partial charge >= 0.3 is 0 Å². The molecule has 0 saturated carbocycles. The first kappa shape index (κ1) is 17.5. The summed E-state index contributed by atoms with van der Waals surface area (Å²) in [4.78, 5) is 17.5. The molecule has 0 unspecified atom stereocenters. The van der Waals surface area contributed by atoms with E-state index in [1.54, 1.807) is 30.9 Å². The first-order valence-electron chi connectivity index (χ1n) is 8.39. The van der Waals surface area contributed by atoms with Gasteiger partial charge in [-0.05, 0) is 48.2 Å². The van der Waals surface area contributed by atoms with Crippen LogP contribution in [0.1, 0.15) is 11.3 Å². The van der Waals surface area contributed by atoms with E-state index in [1.165, 1.54) is 12.1 Å². The summed E-state index contributed by atoms with van der Waals surface area (Å²) >= 11 is 6.02. The quantitative estimate of drug-likeness (QED) is 0.482. The minimum Gasteiger partial charge on any atom is -0.497 e. The number of methoxy groups -OCH3 is 1. The fourth-order valence-electron chi connectivity index (χ4n) is 3.35. The van der Waals surface area contributed by atoms with Crippen molar-refractivity contribution in [3.05, 3.63) is 81.1 Å². The molecule has 2 aromatic carbocycles. The van der Waals surface area contributed by atoms with E-state index in [9.17, 15) is 9.18 Å². The van der Waals surface area contributed by atoms with Gasteiger partial charge in [0.2, 0.25) is 0 Å². The molecule has 0 spiro atoms. The number of aryl methyl sites for hydroxylation is 1. The number of halogens is 2. The van der Waals surface area contributed by atoms with E-state index >= 15 is 0 Å². The Labute approximate surface area is 159 Å². The number of benzene rings is 2. The maximum Gasteiger partial charge on any atom is 0.261 e. The number of hydrogen-bond acceptors (Lipinski definition) is 3. The lowest BCUT2D eigenvalue weighted by Crippen LogP contribution is -2.22. The summed E-state index contributed by atoms with van der Waals surface area (Å²) in [5, 5.41) is 1.77. The van der Waals surface area contributed by atoms with Crippen LogP contribution in [-0.2, 0) is 6.54 Å². The second-order valence-electron chi connectivity index (χ2n) is 6.34. The minimum absolute atomic E-state index is 0.0180. The van der Waals surface area contributed by atoms with Crippen molar-refractivity contribution >= 4 is 33.3 Å². The summed E-state index contributed by atoms with van der Waals surface area (Å²) in [6, 6.07) is 12.1. The van der Waals surface area contributed by atoms with Crippen LogP contribution in [0.15, 0.2) is 53.5 Å². The zero-order chi connectivity index (χ0) is 19.1. The van der Waals surface area contributed by atoms with Gasteiger partial charge in [-0.2, -0.15) is 0 Å². The molecule has 0 aliphatic rings. The van der Waals surface area contributed by atoms with Crippen LogP contribution in [0.2, 0.25) is 5.02 Å². The van der Waals surface area contributed by atoms with Gasteiger partial charge in [0, 0.05) is 11.6 Å². The molecule has 0 aliphatic heterocycles. The van der Waals surface area contributed by atoms with E-state index in [0.29, 0.717) is 33.9 Å². The molecule has 27 heavy (non-hydrogen) atoms. The molecule has 0 aliphatic carbocycles. The number of fused-ring (bicyclic) bond motifs is 3. The summed E-state index contributed by atoms with van der Waals surface area (Å²) < 4.78 is 21.0. The fraction of sp³-hybridized carbons (Fsp3) is 0.143. The van der Waals surface area contributed by atoms with Gasteiger partial charge in [0.25, 0.3) is 5.56 Å². The molecule has 4 nitrogen and oxygen atoms in total. The molecule has 4 aromatic rings. The Bertz CT molecular complexity index is 1230. The van der Waals surface area contributed by atoms with Crippen LogP contribution in [0.3, 0.4) is 0 Å². The molecule has 0 radical (unpaired) electrons. The van der Waals surface area contributed by atoms with Crippen LogP contribution < -0.4 is 10.3 Å². The molecule has 2 heterocycles. The van der Waals surface area contributed by atoms with Crippen molar-refractivity contribution in [2.45, 2.75) is 13.5 Å². The normalized spacial score (nSPS) is 11.3. The SMILES string of the molecule is COc1ccc(Cn2c(=O)c3c(C)nccc3c3cc(F)c(Cl)cc32)cc1. The van der Waals surface area contributed by atoms with Crippen molar-refractivity contribution in [2.75, 3.05) is 7.11 Å². The Kier molecular flexibility index (Phi) is 4.32. The number of ether oxygens (including phenoxy) is 1. The molecule has 0 amide bonds. The summed E-state index contributed by atoms with van der Waals surface area (Å²) in [5.41, 5.74) is 1.93. The first-order chi connectivity index (χ1) is 13.0. The molecule has 4 rings (SSSR count). The van der Waals surface area contributed by atoms with Crippen LogP contribution >= 0.6 is 11.6 Å². The third-order valence-corrected chi connectivity index (χ3v) is 5.01. The van der Waals surface area contributed by atoms with Gasteiger partial charge in [0.15, 0.2) is 0 Å². The Morgan fingerprint density at radius 1 is 1.15 bits per heavy atom. The highest BCUT2D eigenvalue weighted by atomic mass is 35.5. The van der Waals surface area contributed by atoms with Crippen molar-refractivity contribution in [3.8, 4) is 5.75 Å².